The van der Waals surface area contributed by atoms with Crippen molar-refractivity contribution in [3.05, 3.63) is 54.6 Å². The zero-order valence-electron chi connectivity index (χ0n) is 13.9. The molecule has 130 valence electrons. The van der Waals surface area contributed by atoms with Crippen molar-refractivity contribution in [3.63, 3.8) is 0 Å². The van der Waals surface area contributed by atoms with Gasteiger partial charge in [-0.1, -0.05) is 11.2 Å². The fraction of sp³-hybridized carbons (Fsp3) is 0.118. The second kappa shape index (κ2) is 6.73. The molecule has 0 spiro atoms. The Balaban J connectivity index is 1.62. The largest absolute Gasteiger partial charge is 0.390 e. The Kier molecular flexibility index (Phi) is 4.12. The van der Waals surface area contributed by atoms with Gasteiger partial charge in [0.1, 0.15) is 12.0 Å². The Morgan fingerprint density at radius 1 is 1.08 bits per heavy atom. The van der Waals surface area contributed by atoms with Crippen LogP contribution in [0.5, 0.6) is 0 Å². The van der Waals surface area contributed by atoms with E-state index in [1.54, 1.807) is 36.1 Å². The van der Waals surface area contributed by atoms with Crippen LogP contribution in [0.2, 0.25) is 0 Å². The summed E-state index contributed by atoms with van der Waals surface area (Å²) in [6, 6.07) is 10.9. The third kappa shape index (κ3) is 3.15. The van der Waals surface area contributed by atoms with Crippen molar-refractivity contribution in [2.45, 2.75) is 6.61 Å². The van der Waals surface area contributed by atoms with E-state index in [0.29, 0.717) is 40.2 Å². The summed E-state index contributed by atoms with van der Waals surface area (Å²) in [5, 5.41) is 20.4. The molecule has 9 nitrogen and oxygen atoms in total. The van der Waals surface area contributed by atoms with Gasteiger partial charge in [-0.25, -0.2) is 15.0 Å². The monoisotopic (exact) mass is 349 g/mol. The van der Waals surface area contributed by atoms with Crippen molar-refractivity contribution in [3.8, 4) is 22.8 Å². The standard InChI is InChI=1S/C17H15N7O2/c1-24-11(10-25)9-16(22-24)21-17-18-7-5-14(20-17)12-3-2-4-13(19-12)15-6-8-26-23-15/h2-9,25H,10H2,1H3,(H,18,20,21,22). The number of anilines is 2. The van der Waals surface area contributed by atoms with E-state index < -0.39 is 0 Å². The van der Waals surface area contributed by atoms with Crippen LogP contribution in [0.15, 0.2) is 53.4 Å². The van der Waals surface area contributed by atoms with E-state index in [9.17, 15) is 5.11 Å². The van der Waals surface area contributed by atoms with Gasteiger partial charge < -0.3 is 14.9 Å². The molecule has 4 aromatic rings. The number of nitrogens with one attached hydrogen (secondary N) is 1. The minimum atomic E-state index is -0.0924. The topological polar surface area (TPSA) is 115 Å². The second-order valence-electron chi connectivity index (χ2n) is 5.49. The number of rotatable bonds is 5. The van der Waals surface area contributed by atoms with Crippen LogP contribution < -0.4 is 5.32 Å². The lowest BCUT2D eigenvalue weighted by atomic mass is 10.2. The summed E-state index contributed by atoms with van der Waals surface area (Å²) >= 11 is 0. The number of nitrogens with zero attached hydrogens (tertiary/aromatic N) is 6. The lowest BCUT2D eigenvalue weighted by molar-refractivity contribution is 0.270. The highest BCUT2D eigenvalue weighted by molar-refractivity contribution is 5.62. The van der Waals surface area contributed by atoms with Crippen molar-refractivity contribution in [2.75, 3.05) is 5.32 Å². The van der Waals surface area contributed by atoms with Gasteiger partial charge in [0.05, 0.1) is 29.4 Å². The molecule has 0 saturated carbocycles. The Bertz CT molecular complexity index is 1030. The Morgan fingerprint density at radius 2 is 1.88 bits per heavy atom. The highest BCUT2D eigenvalue weighted by Crippen LogP contribution is 2.21. The zero-order chi connectivity index (χ0) is 17.9. The van der Waals surface area contributed by atoms with Crippen LogP contribution in [-0.4, -0.2) is 35.0 Å². The van der Waals surface area contributed by atoms with E-state index >= 15 is 0 Å². The fourth-order valence-electron chi connectivity index (χ4n) is 2.46. The van der Waals surface area contributed by atoms with Gasteiger partial charge in [0, 0.05) is 25.4 Å². The van der Waals surface area contributed by atoms with Crippen molar-refractivity contribution in [1.29, 1.82) is 0 Å². The van der Waals surface area contributed by atoms with Crippen LogP contribution >= 0.6 is 0 Å². The van der Waals surface area contributed by atoms with E-state index in [-0.39, 0.29) is 6.61 Å². The molecule has 4 heterocycles. The summed E-state index contributed by atoms with van der Waals surface area (Å²) in [5.74, 6) is 0.941. The number of hydrogen-bond donors (Lipinski definition) is 2. The molecule has 0 fully saturated rings. The van der Waals surface area contributed by atoms with Crippen LogP contribution in [0.1, 0.15) is 5.69 Å². The van der Waals surface area contributed by atoms with Gasteiger partial charge in [-0.3, -0.25) is 4.68 Å². The first-order valence-corrected chi connectivity index (χ1v) is 7.85. The van der Waals surface area contributed by atoms with Crippen LogP contribution in [0.25, 0.3) is 22.8 Å². The summed E-state index contributed by atoms with van der Waals surface area (Å²) in [4.78, 5) is 13.3. The van der Waals surface area contributed by atoms with E-state index in [1.807, 2.05) is 18.2 Å². The predicted molar refractivity (Wildman–Crippen MR) is 93.2 cm³/mol. The molecule has 0 aliphatic heterocycles. The Labute approximate surface area is 148 Å². The first kappa shape index (κ1) is 15.9. The Morgan fingerprint density at radius 3 is 2.62 bits per heavy atom. The maximum atomic E-state index is 9.26. The van der Waals surface area contributed by atoms with Crippen molar-refractivity contribution < 1.29 is 9.63 Å². The van der Waals surface area contributed by atoms with Gasteiger partial charge in [0.25, 0.3) is 0 Å². The number of aliphatic hydroxyl groups is 1. The summed E-state index contributed by atoms with van der Waals surface area (Å²) in [5.41, 5.74) is 3.38. The first-order valence-electron chi connectivity index (χ1n) is 7.85. The molecule has 9 heteroatoms. The Hall–Kier alpha value is -3.59. The van der Waals surface area contributed by atoms with Gasteiger partial charge in [-0.05, 0) is 18.2 Å². The lowest BCUT2D eigenvalue weighted by Crippen LogP contribution is -2.00. The molecule has 26 heavy (non-hydrogen) atoms. The summed E-state index contributed by atoms with van der Waals surface area (Å²) in [6.07, 6.45) is 3.15. The van der Waals surface area contributed by atoms with Crippen molar-refractivity contribution >= 4 is 11.8 Å². The summed E-state index contributed by atoms with van der Waals surface area (Å²) in [7, 11) is 1.76. The molecule has 0 saturated heterocycles. The first-order chi connectivity index (χ1) is 12.7. The van der Waals surface area contributed by atoms with Crippen LogP contribution in [0.3, 0.4) is 0 Å². The van der Waals surface area contributed by atoms with Gasteiger partial charge in [0.2, 0.25) is 5.95 Å². The van der Waals surface area contributed by atoms with E-state index in [2.05, 4.69) is 30.5 Å². The van der Waals surface area contributed by atoms with E-state index in [1.165, 1.54) is 6.26 Å². The molecule has 0 unspecified atom stereocenters. The van der Waals surface area contributed by atoms with Gasteiger partial charge >= 0.3 is 0 Å². The van der Waals surface area contributed by atoms with Gasteiger partial charge in [-0.15, -0.1) is 0 Å². The SMILES string of the molecule is Cn1nc(Nc2nccc(-c3cccc(-c4ccon4)n3)n2)cc1CO. The smallest absolute Gasteiger partial charge is 0.228 e. The summed E-state index contributed by atoms with van der Waals surface area (Å²) < 4.78 is 6.46. The molecule has 0 aliphatic rings. The fourth-order valence-corrected chi connectivity index (χ4v) is 2.46. The summed E-state index contributed by atoms with van der Waals surface area (Å²) in [6.45, 7) is -0.0924. The van der Waals surface area contributed by atoms with Crippen LogP contribution in [-0.2, 0) is 13.7 Å². The van der Waals surface area contributed by atoms with Gasteiger partial charge in [-0.2, -0.15) is 5.10 Å². The molecular weight excluding hydrogens is 334 g/mol. The minimum Gasteiger partial charge on any atom is -0.390 e. The number of aromatic nitrogens is 6. The quantitative estimate of drug-likeness (QED) is 0.563. The molecule has 2 N–H and O–H groups in total. The number of hydrogen-bond acceptors (Lipinski definition) is 8. The molecule has 0 amide bonds. The highest BCUT2D eigenvalue weighted by atomic mass is 16.5. The molecule has 0 atom stereocenters. The minimum absolute atomic E-state index is 0.0924. The predicted octanol–water partition coefficient (Wildman–Crippen LogP) is 2.16. The molecule has 0 aliphatic carbocycles. The van der Waals surface area contributed by atoms with Crippen LogP contribution in [0, 0.1) is 0 Å². The third-order valence-electron chi connectivity index (χ3n) is 3.75. The van der Waals surface area contributed by atoms with Gasteiger partial charge in [0.15, 0.2) is 5.82 Å². The lowest BCUT2D eigenvalue weighted by Gasteiger charge is -2.05. The third-order valence-corrected chi connectivity index (χ3v) is 3.75. The average molecular weight is 349 g/mol. The number of aliphatic hydroxyl groups excluding tert-OH is 1. The van der Waals surface area contributed by atoms with Crippen LogP contribution in [0.4, 0.5) is 11.8 Å². The molecule has 4 aromatic heterocycles. The normalized spacial score (nSPS) is 10.8. The highest BCUT2D eigenvalue weighted by Gasteiger charge is 2.09. The molecular formula is C17H15N7O2. The number of pyridine rings is 1. The number of aryl methyl sites for hydroxylation is 1. The maximum absolute atomic E-state index is 9.26. The van der Waals surface area contributed by atoms with Crippen molar-refractivity contribution in [2.24, 2.45) is 7.05 Å². The van der Waals surface area contributed by atoms with Crippen molar-refractivity contribution in [1.82, 2.24) is 29.9 Å². The molecule has 0 aromatic carbocycles. The van der Waals surface area contributed by atoms with E-state index in [0.717, 1.165) is 0 Å². The molecule has 4 rings (SSSR count). The second-order valence-corrected chi connectivity index (χ2v) is 5.49. The zero-order valence-corrected chi connectivity index (χ0v) is 13.9. The molecule has 0 bridgehead atoms. The van der Waals surface area contributed by atoms with E-state index in [4.69, 9.17) is 4.52 Å². The average Bonchev–Trinajstić information content (AvgIpc) is 3.32. The molecule has 0 radical (unpaired) electrons. The maximum Gasteiger partial charge on any atom is 0.228 e.